The van der Waals surface area contributed by atoms with Gasteiger partial charge in [0.2, 0.25) is 0 Å². The molecule has 0 spiro atoms. The number of hydrogen-bond acceptors (Lipinski definition) is 6. The Morgan fingerprint density at radius 3 is 2.76 bits per heavy atom. The lowest BCUT2D eigenvalue weighted by atomic mass is 10.2. The van der Waals surface area contributed by atoms with E-state index in [0.29, 0.717) is 37.9 Å². The number of rotatable bonds is 9. The van der Waals surface area contributed by atoms with Crippen LogP contribution < -0.4 is 10.2 Å². The summed E-state index contributed by atoms with van der Waals surface area (Å²) in [5.41, 5.74) is 0. The summed E-state index contributed by atoms with van der Waals surface area (Å²) in [4.78, 5) is 11.1. The minimum atomic E-state index is 0.396. The first-order chi connectivity index (χ1) is 10.1. The molecule has 0 aliphatic rings. The molecule has 1 rings (SSSR count). The van der Waals surface area contributed by atoms with E-state index < -0.39 is 0 Å². The molecule has 0 saturated carbocycles. The summed E-state index contributed by atoms with van der Waals surface area (Å²) in [6, 6.07) is 4.11. The Morgan fingerprint density at radius 2 is 2.19 bits per heavy atom. The second-order valence-electron chi connectivity index (χ2n) is 5.16. The van der Waals surface area contributed by atoms with Crippen LogP contribution in [0.15, 0.2) is 6.07 Å². The molecule has 0 amide bonds. The van der Waals surface area contributed by atoms with E-state index in [2.05, 4.69) is 40.1 Å². The van der Waals surface area contributed by atoms with Gasteiger partial charge in [0, 0.05) is 32.8 Å². The molecule has 0 atom stereocenters. The van der Waals surface area contributed by atoms with Crippen LogP contribution in [0, 0.1) is 17.2 Å². The van der Waals surface area contributed by atoms with E-state index in [0.717, 1.165) is 18.2 Å². The normalized spacial score (nSPS) is 10.5. The number of nitrogens with zero attached hydrogens (tertiary/aromatic N) is 4. The van der Waals surface area contributed by atoms with Gasteiger partial charge in [-0.25, -0.2) is 9.97 Å². The molecular formula is C15H25N5O. The van der Waals surface area contributed by atoms with E-state index in [1.165, 1.54) is 0 Å². The number of aromatic nitrogens is 2. The van der Waals surface area contributed by atoms with E-state index in [4.69, 9.17) is 10.00 Å². The average Bonchev–Trinajstić information content (AvgIpc) is 2.48. The summed E-state index contributed by atoms with van der Waals surface area (Å²) >= 11 is 0. The van der Waals surface area contributed by atoms with Crippen molar-refractivity contribution < 1.29 is 4.74 Å². The molecule has 0 unspecified atom stereocenters. The summed E-state index contributed by atoms with van der Waals surface area (Å²) in [7, 11) is 1.83. The molecule has 0 aliphatic heterocycles. The Kier molecular flexibility index (Phi) is 7.48. The molecule has 21 heavy (non-hydrogen) atoms. The highest BCUT2D eigenvalue weighted by Crippen LogP contribution is 2.18. The maximum atomic E-state index is 8.83. The first kappa shape index (κ1) is 17.2. The van der Waals surface area contributed by atoms with E-state index in [-0.39, 0.29) is 0 Å². The SMILES string of the molecule is CCOCc1nc(NC)cc(N(CCC#N)CC(C)C)n1. The second-order valence-corrected chi connectivity index (χ2v) is 5.16. The third kappa shape index (κ3) is 5.96. The number of anilines is 2. The minimum absolute atomic E-state index is 0.396. The number of nitrogens with one attached hydrogen (secondary N) is 1. The molecule has 0 fully saturated rings. The highest BCUT2D eigenvalue weighted by atomic mass is 16.5. The standard InChI is InChI=1S/C15H25N5O/c1-5-21-11-14-18-13(17-4)9-15(19-14)20(8-6-7-16)10-12(2)3/h9,12H,5-6,8,10-11H2,1-4H3,(H,17,18,19). The quantitative estimate of drug-likeness (QED) is 0.753. The van der Waals surface area contributed by atoms with Gasteiger partial charge in [0.25, 0.3) is 0 Å². The highest BCUT2D eigenvalue weighted by Gasteiger charge is 2.13. The van der Waals surface area contributed by atoms with Crippen LogP contribution >= 0.6 is 0 Å². The Labute approximate surface area is 127 Å². The molecule has 6 nitrogen and oxygen atoms in total. The summed E-state index contributed by atoms with van der Waals surface area (Å²) in [5.74, 6) is 2.75. The van der Waals surface area contributed by atoms with Gasteiger partial charge in [-0.1, -0.05) is 13.8 Å². The Bertz CT molecular complexity index is 470. The monoisotopic (exact) mass is 291 g/mol. The molecule has 0 radical (unpaired) electrons. The van der Waals surface area contributed by atoms with Crippen molar-refractivity contribution in [2.75, 3.05) is 37.0 Å². The lowest BCUT2D eigenvalue weighted by molar-refractivity contribution is 0.128. The number of nitriles is 1. The lowest BCUT2D eigenvalue weighted by Crippen LogP contribution is -2.30. The zero-order chi connectivity index (χ0) is 15.7. The van der Waals surface area contributed by atoms with Crippen LogP contribution in [0.1, 0.15) is 33.0 Å². The second kappa shape index (κ2) is 9.14. The van der Waals surface area contributed by atoms with Crippen molar-refractivity contribution in [3.63, 3.8) is 0 Å². The first-order valence-electron chi connectivity index (χ1n) is 7.36. The van der Waals surface area contributed by atoms with Crippen LogP contribution in [0.4, 0.5) is 11.6 Å². The average molecular weight is 291 g/mol. The molecule has 0 aliphatic carbocycles. The fourth-order valence-corrected chi connectivity index (χ4v) is 1.96. The zero-order valence-electron chi connectivity index (χ0n) is 13.4. The zero-order valence-corrected chi connectivity index (χ0v) is 13.4. The van der Waals surface area contributed by atoms with Crippen molar-refractivity contribution in [2.24, 2.45) is 5.92 Å². The molecule has 6 heteroatoms. The van der Waals surface area contributed by atoms with Crippen LogP contribution in [0.25, 0.3) is 0 Å². The van der Waals surface area contributed by atoms with E-state index >= 15 is 0 Å². The van der Waals surface area contributed by atoms with E-state index in [1.54, 1.807) is 0 Å². The Hall–Kier alpha value is -1.87. The van der Waals surface area contributed by atoms with Crippen molar-refractivity contribution in [1.29, 1.82) is 5.26 Å². The molecule has 1 aromatic heterocycles. The summed E-state index contributed by atoms with van der Waals surface area (Å²) in [6.45, 7) is 8.81. The first-order valence-corrected chi connectivity index (χ1v) is 7.36. The van der Waals surface area contributed by atoms with Gasteiger partial charge in [-0.05, 0) is 12.8 Å². The number of ether oxygens (including phenoxy) is 1. The van der Waals surface area contributed by atoms with Gasteiger partial charge < -0.3 is 15.0 Å². The molecule has 1 heterocycles. The van der Waals surface area contributed by atoms with E-state index in [1.807, 2.05) is 20.0 Å². The summed E-state index contributed by atoms with van der Waals surface area (Å²) in [5, 5.41) is 11.9. The molecule has 116 valence electrons. The van der Waals surface area contributed by atoms with Gasteiger partial charge in [0.15, 0.2) is 5.82 Å². The van der Waals surface area contributed by atoms with Crippen LogP contribution in [-0.4, -0.2) is 36.7 Å². The number of hydrogen-bond donors (Lipinski definition) is 1. The molecule has 1 N–H and O–H groups in total. The summed E-state index contributed by atoms with van der Waals surface area (Å²) < 4.78 is 5.39. The third-order valence-corrected chi connectivity index (χ3v) is 2.85. The van der Waals surface area contributed by atoms with Crippen molar-refractivity contribution in [1.82, 2.24) is 9.97 Å². The third-order valence-electron chi connectivity index (χ3n) is 2.85. The minimum Gasteiger partial charge on any atom is -0.374 e. The van der Waals surface area contributed by atoms with Gasteiger partial charge >= 0.3 is 0 Å². The van der Waals surface area contributed by atoms with Crippen molar-refractivity contribution in [3.05, 3.63) is 11.9 Å². The van der Waals surface area contributed by atoms with Crippen LogP contribution in [0.5, 0.6) is 0 Å². The van der Waals surface area contributed by atoms with Crippen LogP contribution in [0.3, 0.4) is 0 Å². The maximum absolute atomic E-state index is 8.83. The van der Waals surface area contributed by atoms with Gasteiger partial charge in [0.05, 0.1) is 12.5 Å². The van der Waals surface area contributed by atoms with Crippen molar-refractivity contribution in [2.45, 2.75) is 33.8 Å². The van der Waals surface area contributed by atoms with Gasteiger partial charge in [-0.15, -0.1) is 0 Å². The smallest absolute Gasteiger partial charge is 0.158 e. The predicted molar refractivity (Wildman–Crippen MR) is 84.2 cm³/mol. The fraction of sp³-hybridized carbons (Fsp3) is 0.667. The molecule has 1 aromatic rings. The van der Waals surface area contributed by atoms with Crippen LogP contribution in [0.2, 0.25) is 0 Å². The molecule has 0 aromatic carbocycles. The topological polar surface area (TPSA) is 74.1 Å². The van der Waals surface area contributed by atoms with Gasteiger partial charge in [-0.3, -0.25) is 0 Å². The Morgan fingerprint density at radius 1 is 1.43 bits per heavy atom. The molecule has 0 bridgehead atoms. The summed E-state index contributed by atoms with van der Waals surface area (Å²) in [6.07, 6.45) is 0.479. The molecular weight excluding hydrogens is 266 g/mol. The van der Waals surface area contributed by atoms with Crippen LogP contribution in [-0.2, 0) is 11.3 Å². The Balaban J connectivity index is 3.00. The lowest BCUT2D eigenvalue weighted by Gasteiger charge is -2.25. The van der Waals surface area contributed by atoms with Gasteiger partial charge in [0.1, 0.15) is 18.2 Å². The highest BCUT2D eigenvalue weighted by molar-refractivity contribution is 5.49. The van der Waals surface area contributed by atoms with Crippen molar-refractivity contribution >= 4 is 11.6 Å². The van der Waals surface area contributed by atoms with Gasteiger partial charge in [-0.2, -0.15) is 5.26 Å². The fourth-order valence-electron chi connectivity index (χ4n) is 1.96. The van der Waals surface area contributed by atoms with Crippen molar-refractivity contribution in [3.8, 4) is 6.07 Å². The predicted octanol–water partition coefficient (Wildman–Crippen LogP) is 2.43. The maximum Gasteiger partial charge on any atom is 0.158 e. The molecule has 0 saturated heterocycles. The largest absolute Gasteiger partial charge is 0.374 e. The van der Waals surface area contributed by atoms with E-state index in [9.17, 15) is 0 Å².